The maximum absolute atomic E-state index is 12.7. The van der Waals surface area contributed by atoms with Crippen molar-refractivity contribution in [3.05, 3.63) is 29.8 Å². The van der Waals surface area contributed by atoms with Crippen molar-refractivity contribution >= 4 is 5.97 Å². The zero-order chi connectivity index (χ0) is 15.8. The molecule has 0 aromatic heterocycles. The summed E-state index contributed by atoms with van der Waals surface area (Å²) in [6.07, 6.45) is 5.65. The highest BCUT2D eigenvalue weighted by atomic mass is 16.5. The van der Waals surface area contributed by atoms with E-state index in [2.05, 4.69) is 0 Å². The Morgan fingerprint density at radius 2 is 1.68 bits per heavy atom. The first-order valence-electron chi connectivity index (χ1n) is 8.03. The minimum absolute atomic E-state index is 0.0763. The molecule has 0 radical (unpaired) electrons. The smallest absolute Gasteiger partial charge is 0.316 e. The van der Waals surface area contributed by atoms with Crippen LogP contribution in [-0.4, -0.2) is 33.4 Å². The van der Waals surface area contributed by atoms with Gasteiger partial charge in [0.2, 0.25) is 0 Å². The maximum Gasteiger partial charge on any atom is 0.316 e. The molecule has 0 saturated heterocycles. The Bertz CT molecular complexity index is 460. The lowest BCUT2D eigenvalue weighted by Gasteiger charge is -2.27. The molecule has 1 aliphatic carbocycles. The van der Waals surface area contributed by atoms with E-state index < -0.39 is 5.41 Å². The molecule has 0 bridgehead atoms. The SMILES string of the molecule is COCCCCOC(=O)C1(c2ccc(OC)cc2)CCCC1. The largest absolute Gasteiger partial charge is 0.497 e. The third kappa shape index (κ3) is 3.80. The van der Waals surface area contributed by atoms with Gasteiger partial charge in [-0.05, 0) is 43.4 Å². The summed E-state index contributed by atoms with van der Waals surface area (Å²) in [6, 6.07) is 7.83. The van der Waals surface area contributed by atoms with Crippen LogP contribution in [0, 0.1) is 0 Å². The van der Waals surface area contributed by atoms with Crippen LogP contribution in [0.25, 0.3) is 0 Å². The van der Waals surface area contributed by atoms with Gasteiger partial charge in [0.1, 0.15) is 5.75 Å². The zero-order valence-corrected chi connectivity index (χ0v) is 13.6. The number of hydrogen-bond donors (Lipinski definition) is 0. The Morgan fingerprint density at radius 3 is 2.27 bits per heavy atom. The first-order chi connectivity index (χ1) is 10.7. The Labute approximate surface area is 132 Å². The highest BCUT2D eigenvalue weighted by molar-refractivity contribution is 5.83. The summed E-state index contributed by atoms with van der Waals surface area (Å²) < 4.78 is 15.8. The molecule has 4 heteroatoms. The Hall–Kier alpha value is -1.55. The summed E-state index contributed by atoms with van der Waals surface area (Å²) in [7, 11) is 3.33. The molecule has 1 saturated carbocycles. The fourth-order valence-corrected chi connectivity index (χ4v) is 3.15. The predicted octanol–water partition coefficient (Wildman–Crippen LogP) is 3.48. The molecule has 2 rings (SSSR count). The predicted molar refractivity (Wildman–Crippen MR) is 85.2 cm³/mol. The average Bonchev–Trinajstić information content (AvgIpc) is 3.05. The summed E-state index contributed by atoms with van der Waals surface area (Å²) in [5.41, 5.74) is 0.584. The van der Waals surface area contributed by atoms with Crippen molar-refractivity contribution in [1.82, 2.24) is 0 Å². The van der Waals surface area contributed by atoms with Crippen LogP contribution in [0.15, 0.2) is 24.3 Å². The van der Waals surface area contributed by atoms with E-state index in [1.165, 1.54) is 0 Å². The first kappa shape index (κ1) is 16.8. The quantitative estimate of drug-likeness (QED) is 0.545. The lowest BCUT2D eigenvalue weighted by atomic mass is 9.79. The van der Waals surface area contributed by atoms with Gasteiger partial charge in [0.15, 0.2) is 0 Å². The number of esters is 1. The Kier molecular flexibility index (Phi) is 6.25. The maximum atomic E-state index is 12.7. The monoisotopic (exact) mass is 306 g/mol. The number of methoxy groups -OCH3 is 2. The van der Waals surface area contributed by atoms with Gasteiger partial charge in [0.25, 0.3) is 0 Å². The Morgan fingerprint density at radius 1 is 1.05 bits per heavy atom. The van der Waals surface area contributed by atoms with Gasteiger partial charge in [-0.1, -0.05) is 25.0 Å². The van der Waals surface area contributed by atoms with Crippen molar-refractivity contribution in [2.24, 2.45) is 0 Å². The fraction of sp³-hybridized carbons (Fsp3) is 0.611. The van der Waals surface area contributed by atoms with Crippen LogP contribution >= 0.6 is 0 Å². The van der Waals surface area contributed by atoms with E-state index in [0.29, 0.717) is 13.2 Å². The van der Waals surface area contributed by atoms with Crippen LogP contribution in [0.2, 0.25) is 0 Å². The minimum atomic E-state index is -0.465. The van der Waals surface area contributed by atoms with Crippen molar-refractivity contribution in [1.29, 1.82) is 0 Å². The molecular formula is C18H26O4. The standard InChI is InChI=1S/C18H26O4/c1-20-13-5-6-14-22-17(19)18(11-3-4-12-18)15-7-9-16(21-2)10-8-15/h7-10H,3-6,11-14H2,1-2H3. The summed E-state index contributed by atoms with van der Waals surface area (Å²) in [5, 5.41) is 0. The van der Waals surface area contributed by atoms with Crippen molar-refractivity contribution in [3.63, 3.8) is 0 Å². The number of ether oxygens (including phenoxy) is 3. The molecule has 0 spiro atoms. The van der Waals surface area contributed by atoms with Crippen LogP contribution in [0.4, 0.5) is 0 Å². The molecule has 122 valence electrons. The highest BCUT2D eigenvalue weighted by Crippen LogP contribution is 2.42. The van der Waals surface area contributed by atoms with Gasteiger partial charge in [-0.25, -0.2) is 0 Å². The topological polar surface area (TPSA) is 44.8 Å². The third-order valence-corrected chi connectivity index (χ3v) is 4.47. The van der Waals surface area contributed by atoms with E-state index in [4.69, 9.17) is 14.2 Å². The number of carbonyl (C=O) groups excluding carboxylic acids is 1. The molecule has 0 amide bonds. The van der Waals surface area contributed by atoms with Crippen LogP contribution in [0.5, 0.6) is 5.75 Å². The molecule has 4 nitrogen and oxygen atoms in total. The molecule has 0 aliphatic heterocycles. The average molecular weight is 306 g/mol. The number of carbonyl (C=O) groups is 1. The molecule has 1 aromatic rings. The number of hydrogen-bond acceptors (Lipinski definition) is 4. The van der Waals surface area contributed by atoms with Gasteiger partial charge in [-0.2, -0.15) is 0 Å². The van der Waals surface area contributed by atoms with E-state index in [9.17, 15) is 4.79 Å². The van der Waals surface area contributed by atoms with Crippen molar-refractivity contribution in [2.75, 3.05) is 27.4 Å². The lowest BCUT2D eigenvalue weighted by molar-refractivity contribution is -0.150. The summed E-state index contributed by atoms with van der Waals surface area (Å²) in [4.78, 5) is 12.7. The summed E-state index contributed by atoms with van der Waals surface area (Å²) in [5.74, 6) is 0.734. The van der Waals surface area contributed by atoms with Gasteiger partial charge in [-0.3, -0.25) is 4.79 Å². The third-order valence-electron chi connectivity index (χ3n) is 4.47. The van der Waals surface area contributed by atoms with E-state index in [1.54, 1.807) is 14.2 Å². The zero-order valence-electron chi connectivity index (χ0n) is 13.6. The second-order valence-electron chi connectivity index (χ2n) is 5.85. The van der Waals surface area contributed by atoms with E-state index in [-0.39, 0.29) is 5.97 Å². The van der Waals surface area contributed by atoms with Gasteiger partial charge in [0.05, 0.1) is 19.1 Å². The van der Waals surface area contributed by atoms with Crippen LogP contribution in [0.1, 0.15) is 44.1 Å². The minimum Gasteiger partial charge on any atom is -0.497 e. The number of rotatable bonds is 8. The van der Waals surface area contributed by atoms with E-state index >= 15 is 0 Å². The van der Waals surface area contributed by atoms with Crippen molar-refractivity contribution in [2.45, 2.75) is 43.9 Å². The van der Waals surface area contributed by atoms with Crippen LogP contribution < -0.4 is 4.74 Å². The molecule has 1 aliphatic rings. The van der Waals surface area contributed by atoms with Crippen LogP contribution in [-0.2, 0) is 19.7 Å². The van der Waals surface area contributed by atoms with Crippen LogP contribution in [0.3, 0.4) is 0 Å². The first-order valence-corrected chi connectivity index (χ1v) is 8.03. The normalized spacial score (nSPS) is 16.5. The van der Waals surface area contributed by atoms with E-state index in [0.717, 1.165) is 49.8 Å². The molecule has 1 aromatic carbocycles. The number of unbranched alkanes of at least 4 members (excludes halogenated alkanes) is 1. The summed E-state index contributed by atoms with van der Waals surface area (Å²) >= 11 is 0. The Balaban J connectivity index is 2.02. The number of benzene rings is 1. The van der Waals surface area contributed by atoms with Crippen molar-refractivity contribution in [3.8, 4) is 5.75 Å². The van der Waals surface area contributed by atoms with Gasteiger partial charge < -0.3 is 14.2 Å². The molecule has 0 atom stereocenters. The molecule has 0 heterocycles. The van der Waals surface area contributed by atoms with Gasteiger partial charge >= 0.3 is 5.97 Å². The fourth-order valence-electron chi connectivity index (χ4n) is 3.15. The van der Waals surface area contributed by atoms with Crippen molar-refractivity contribution < 1.29 is 19.0 Å². The lowest BCUT2D eigenvalue weighted by Crippen LogP contribution is -2.35. The van der Waals surface area contributed by atoms with E-state index in [1.807, 2.05) is 24.3 Å². The second-order valence-corrected chi connectivity index (χ2v) is 5.85. The molecule has 0 N–H and O–H groups in total. The molecule has 0 unspecified atom stereocenters. The molecule has 1 fully saturated rings. The molecule has 22 heavy (non-hydrogen) atoms. The second kappa shape index (κ2) is 8.18. The highest BCUT2D eigenvalue weighted by Gasteiger charge is 2.44. The summed E-state index contributed by atoms with van der Waals surface area (Å²) in [6.45, 7) is 1.18. The van der Waals surface area contributed by atoms with Gasteiger partial charge in [0, 0.05) is 13.7 Å². The molecular weight excluding hydrogens is 280 g/mol. The van der Waals surface area contributed by atoms with Gasteiger partial charge in [-0.15, -0.1) is 0 Å².